The maximum atomic E-state index is 8.91. The van der Waals surface area contributed by atoms with Crippen molar-refractivity contribution in [2.75, 3.05) is 0 Å². The molecule has 0 heterocycles. The van der Waals surface area contributed by atoms with Gasteiger partial charge in [0.25, 0.3) is 0 Å². The molecule has 0 aliphatic carbocycles. The smallest absolute Gasteiger partial charge is 0.198 e. The second-order valence-corrected chi connectivity index (χ2v) is 16.9. The Morgan fingerprint density at radius 3 is 2.00 bits per heavy atom. The summed E-state index contributed by atoms with van der Waals surface area (Å²) in [5.74, 6) is 0. The van der Waals surface area contributed by atoms with Gasteiger partial charge in [-0.25, -0.2) is 0 Å². The molecule has 2 aromatic rings. The molecule has 0 unspecified atom stereocenters. The molecule has 148 valence electrons. The largest absolute Gasteiger partial charge is 0.453 e. The molecule has 0 spiro atoms. The van der Waals surface area contributed by atoms with Crippen molar-refractivity contribution in [3.63, 3.8) is 0 Å². The molecule has 0 amide bonds. The summed E-state index contributed by atoms with van der Waals surface area (Å²) in [6.45, 7) is 11.4. The number of unbranched alkanes of at least 4 members (excludes halogenated alkanes) is 1. The summed E-state index contributed by atoms with van der Waals surface area (Å²) in [6, 6.07) is 20.0. The highest BCUT2D eigenvalue weighted by molar-refractivity contribution is 6.87. The first-order valence-corrected chi connectivity index (χ1v) is 16.3. The highest BCUT2D eigenvalue weighted by Gasteiger charge is 2.30. The molecule has 0 saturated heterocycles. The molecule has 0 bridgehead atoms. The fourth-order valence-electron chi connectivity index (χ4n) is 3.68. The molecular weight excluding hydrogens is 374 g/mol. The van der Waals surface area contributed by atoms with Gasteiger partial charge in [-0.05, 0) is 80.8 Å². The number of aryl methyl sites for hydroxylation is 1. The van der Waals surface area contributed by atoms with Crippen LogP contribution in [0.15, 0.2) is 60.3 Å². The third kappa shape index (κ3) is 7.23. The fraction of sp³-hybridized carbons (Fsp3) is 0.375. The third-order valence-corrected chi connectivity index (χ3v) is 11.9. The average molecular weight is 408 g/mol. The van der Waals surface area contributed by atoms with Crippen LogP contribution in [0.4, 0.5) is 0 Å². The summed E-state index contributed by atoms with van der Waals surface area (Å²) in [5, 5.41) is 8.91. The number of nitriles is 1. The quantitative estimate of drug-likeness (QED) is 0.328. The van der Waals surface area contributed by atoms with Gasteiger partial charge in [-0.15, -0.1) is 0 Å². The van der Waals surface area contributed by atoms with Crippen LogP contribution in [0.1, 0.15) is 30.9 Å². The number of hydrogen-bond donors (Lipinski definition) is 0. The van der Waals surface area contributed by atoms with Crippen molar-refractivity contribution in [1.82, 2.24) is 0 Å². The van der Waals surface area contributed by atoms with Crippen molar-refractivity contribution in [1.29, 1.82) is 5.26 Å². The lowest BCUT2D eigenvalue weighted by molar-refractivity contribution is 0.546. The predicted molar refractivity (Wildman–Crippen MR) is 125 cm³/mol. The number of rotatable bonds is 9. The topological polar surface area (TPSA) is 33.0 Å². The van der Waals surface area contributed by atoms with E-state index in [9.17, 15) is 0 Å². The normalized spacial score (nSPS) is 12.3. The molecule has 4 heteroatoms. The Kier molecular flexibility index (Phi) is 8.00. The van der Waals surface area contributed by atoms with E-state index in [0.717, 1.165) is 12.0 Å². The summed E-state index contributed by atoms with van der Waals surface area (Å²) < 4.78 is 6.57. The highest BCUT2D eigenvalue weighted by atomic mass is 28.4. The molecule has 0 atom stereocenters. The van der Waals surface area contributed by atoms with E-state index in [1.54, 1.807) is 0 Å². The summed E-state index contributed by atoms with van der Waals surface area (Å²) in [5.41, 5.74) is 6.74. The van der Waals surface area contributed by atoms with E-state index >= 15 is 0 Å². The molecule has 28 heavy (non-hydrogen) atoms. The number of hydrogen-bond acceptors (Lipinski definition) is 2. The van der Waals surface area contributed by atoms with E-state index in [4.69, 9.17) is 9.38 Å². The molecule has 0 N–H and O–H groups in total. The van der Waals surface area contributed by atoms with E-state index in [-0.39, 0.29) is 0 Å². The molecule has 0 radical (unpaired) electrons. The molecule has 2 nitrogen and oxygen atoms in total. The Balaban J connectivity index is 1.82. The lowest BCUT2D eigenvalue weighted by Gasteiger charge is -2.32. The summed E-state index contributed by atoms with van der Waals surface area (Å²) in [6.07, 6.45) is 5.70. The Morgan fingerprint density at radius 2 is 1.46 bits per heavy atom. The van der Waals surface area contributed by atoms with Gasteiger partial charge in [-0.2, -0.15) is 5.26 Å². The number of nitrogens with zero attached hydrogens (tertiary/aromatic N) is 1. The predicted octanol–water partition coefficient (Wildman–Crippen LogP) is 7.09. The van der Waals surface area contributed by atoms with Crippen molar-refractivity contribution >= 4 is 16.6 Å². The van der Waals surface area contributed by atoms with E-state index < -0.39 is 16.6 Å². The Labute approximate surface area is 173 Å². The Hall–Kier alpha value is -1.94. The number of allylic oxidation sites excluding steroid dienone is 1. The van der Waals surface area contributed by atoms with Crippen LogP contribution in [0, 0.1) is 11.3 Å². The summed E-state index contributed by atoms with van der Waals surface area (Å²) >= 11 is 0. The fourth-order valence-corrected chi connectivity index (χ4v) is 12.0. The van der Waals surface area contributed by atoms with Gasteiger partial charge in [0.2, 0.25) is 0 Å². The van der Waals surface area contributed by atoms with Crippen molar-refractivity contribution in [2.45, 2.75) is 58.4 Å². The van der Waals surface area contributed by atoms with Crippen LogP contribution < -0.4 is 0 Å². The SMILES string of the molecule is CC=C[Si](C)(C)O[Si](C)(C)CCCCc1ccc(-c2ccc(C#N)cc2)cc1. The van der Waals surface area contributed by atoms with E-state index in [1.807, 2.05) is 24.3 Å². The second kappa shape index (κ2) is 10.0. The van der Waals surface area contributed by atoms with Crippen LogP contribution >= 0.6 is 0 Å². The summed E-state index contributed by atoms with van der Waals surface area (Å²) in [7, 11) is -3.23. The lowest BCUT2D eigenvalue weighted by atomic mass is 10.0. The monoisotopic (exact) mass is 407 g/mol. The number of benzene rings is 2. The van der Waals surface area contributed by atoms with Gasteiger partial charge in [0, 0.05) is 0 Å². The zero-order valence-corrected chi connectivity index (χ0v) is 20.0. The zero-order valence-electron chi connectivity index (χ0n) is 18.0. The van der Waals surface area contributed by atoms with Gasteiger partial charge in [-0.3, -0.25) is 0 Å². The van der Waals surface area contributed by atoms with E-state index in [1.165, 1.54) is 30.0 Å². The van der Waals surface area contributed by atoms with Crippen LogP contribution in [0.3, 0.4) is 0 Å². The van der Waals surface area contributed by atoms with Crippen LogP contribution in [0.25, 0.3) is 11.1 Å². The maximum Gasteiger partial charge on any atom is 0.198 e. The summed E-state index contributed by atoms with van der Waals surface area (Å²) in [4.78, 5) is 0. The van der Waals surface area contributed by atoms with Crippen LogP contribution in [-0.2, 0) is 10.5 Å². The van der Waals surface area contributed by atoms with Gasteiger partial charge in [-0.1, -0.05) is 54.6 Å². The Morgan fingerprint density at radius 1 is 0.893 bits per heavy atom. The standard InChI is InChI=1S/C24H33NOSi2/c1-6-18-27(2,3)26-28(4,5)19-8-7-9-21-10-14-23(15-11-21)24-16-12-22(20-25)13-17-24/h6,10-18H,7-9,19H2,1-5H3. The van der Waals surface area contributed by atoms with Crippen molar-refractivity contribution in [3.8, 4) is 17.2 Å². The van der Waals surface area contributed by atoms with Gasteiger partial charge in [0.1, 0.15) is 0 Å². The first kappa shape index (κ1) is 22.4. The minimum atomic E-state index is -1.64. The Bertz CT molecular complexity index is 815. The third-order valence-electron chi connectivity index (χ3n) is 4.90. The molecule has 0 aliphatic rings. The van der Waals surface area contributed by atoms with Crippen molar-refractivity contribution < 1.29 is 4.12 Å². The molecule has 2 rings (SSSR count). The molecule has 0 aliphatic heterocycles. The molecular formula is C24H33NOSi2. The highest BCUT2D eigenvalue weighted by Crippen LogP contribution is 2.24. The van der Waals surface area contributed by atoms with Crippen molar-refractivity contribution in [2.24, 2.45) is 0 Å². The van der Waals surface area contributed by atoms with Gasteiger partial charge in [0.05, 0.1) is 11.6 Å². The minimum absolute atomic E-state index is 0.701. The lowest BCUT2D eigenvalue weighted by Crippen LogP contribution is -2.43. The first-order chi connectivity index (χ1) is 13.2. The van der Waals surface area contributed by atoms with E-state index in [0.29, 0.717) is 5.56 Å². The van der Waals surface area contributed by atoms with E-state index in [2.05, 4.69) is 75.2 Å². The maximum absolute atomic E-state index is 8.91. The van der Waals surface area contributed by atoms with Crippen molar-refractivity contribution in [3.05, 3.63) is 71.4 Å². The molecule has 2 aromatic carbocycles. The van der Waals surface area contributed by atoms with Crippen LogP contribution in [-0.4, -0.2) is 16.6 Å². The minimum Gasteiger partial charge on any atom is -0.453 e. The van der Waals surface area contributed by atoms with Gasteiger partial charge >= 0.3 is 0 Å². The van der Waals surface area contributed by atoms with Gasteiger partial charge < -0.3 is 4.12 Å². The molecule has 0 saturated carbocycles. The zero-order chi connectivity index (χ0) is 20.6. The second-order valence-electron chi connectivity index (χ2n) is 8.56. The van der Waals surface area contributed by atoms with Gasteiger partial charge in [0.15, 0.2) is 16.6 Å². The van der Waals surface area contributed by atoms with Crippen LogP contribution in [0.2, 0.25) is 32.2 Å². The molecule has 0 aromatic heterocycles. The first-order valence-electron chi connectivity index (χ1n) is 10.2. The van der Waals surface area contributed by atoms with Crippen LogP contribution in [0.5, 0.6) is 0 Å². The molecule has 0 fully saturated rings. The average Bonchev–Trinajstić information content (AvgIpc) is 2.65.